The van der Waals surface area contributed by atoms with Crippen molar-refractivity contribution in [3.63, 3.8) is 0 Å². The summed E-state index contributed by atoms with van der Waals surface area (Å²) < 4.78 is 16.0. The molecule has 1 aliphatic heterocycles. The van der Waals surface area contributed by atoms with E-state index in [9.17, 15) is 4.79 Å². The topological polar surface area (TPSA) is 98.4 Å². The van der Waals surface area contributed by atoms with E-state index in [0.717, 1.165) is 23.4 Å². The fraction of sp³-hybridized carbons (Fsp3) is 0.333. The number of rotatable bonds is 8. The molecule has 154 valence electrons. The van der Waals surface area contributed by atoms with Gasteiger partial charge in [-0.1, -0.05) is 18.2 Å². The highest BCUT2D eigenvalue weighted by atomic mass is 16.5. The monoisotopic (exact) mass is 398 g/mol. The van der Waals surface area contributed by atoms with Gasteiger partial charge in [0.25, 0.3) is 5.91 Å². The zero-order valence-corrected chi connectivity index (χ0v) is 16.7. The first-order valence-electron chi connectivity index (χ1n) is 9.39. The number of amides is 1. The van der Waals surface area contributed by atoms with E-state index >= 15 is 0 Å². The number of para-hydroxylation sites is 2. The normalized spacial score (nSPS) is 13.5. The smallest absolute Gasteiger partial charge is 0.265 e. The molecule has 2 aromatic carbocycles. The van der Waals surface area contributed by atoms with E-state index in [1.165, 1.54) is 0 Å². The van der Waals surface area contributed by atoms with Gasteiger partial charge in [0.2, 0.25) is 0 Å². The summed E-state index contributed by atoms with van der Waals surface area (Å²) in [5.74, 6) is 2.37. The highest BCUT2D eigenvalue weighted by Gasteiger charge is 2.24. The van der Waals surface area contributed by atoms with Crippen LogP contribution >= 0.6 is 0 Å². The molecule has 0 aliphatic carbocycles. The van der Waals surface area contributed by atoms with Crippen LogP contribution in [0.3, 0.4) is 0 Å². The van der Waals surface area contributed by atoms with E-state index < -0.39 is 0 Å². The largest absolute Gasteiger partial charge is 0.493 e. The minimum absolute atomic E-state index is 0.0428. The summed E-state index contributed by atoms with van der Waals surface area (Å²) in [5.41, 5.74) is 7.72. The van der Waals surface area contributed by atoms with Crippen LogP contribution in [-0.2, 0) is 11.3 Å². The molecule has 1 amide bonds. The number of nitrogens with zero attached hydrogens (tertiary/aromatic N) is 2. The van der Waals surface area contributed by atoms with E-state index in [2.05, 4.69) is 10.3 Å². The van der Waals surface area contributed by atoms with Crippen molar-refractivity contribution < 1.29 is 19.0 Å². The predicted molar refractivity (Wildman–Crippen MR) is 112 cm³/mol. The number of aliphatic imine (C=N–C) groups is 1. The molecule has 0 aromatic heterocycles. The molecular formula is C21H26N4O4. The van der Waals surface area contributed by atoms with Crippen molar-refractivity contribution in [2.75, 3.05) is 38.8 Å². The maximum Gasteiger partial charge on any atom is 0.265 e. The van der Waals surface area contributed by atoms with Gasteiger partial charge in [-0.15, -0.1) is 0 Å². The Bertz CT molecular complexity index is 885. The number of anilines is 1. The molecule has 8 nitrogen and oxygen atoms in total. The molecule has 1 heterocycles. The molecule has 29 heavy (non-hydrogen) atoms. The first-order valence-corrected chi connectivity index (χ1v) is 9.39. The minimum Gasteiger partial charge on any atom is -0.493 e. The Labute approximate surface area is 170 Å². The molecule has 3 rings (SSSR count). The minimum atomic E-state index is -0.0428. The van der Waals surface area contributed by atoms with Gasteiger partial charge in [0, 0.05) is 13.1 Å². The van der Waals surface area contributed by atoms with Crippen LogP contribution in [0.2, 0.25) is 0 Å². The van der Waals surface area contributed by atoms with Crippen LogP contribution in [-0.4, -0.2) is 45.8 Å². The molecule has 0 saturated carbocycles. The Morgan fingerprint density at radius 3 is 2.79 bits per heavy atom. The molecule has 8 heteroatoms. The van der Waals surface area contributed by atoms with Gasteiger partial charge in [-0.25, -0.2) is 4.99 Å². The Kier molecular flexibility index (Phi) is 6.78. The Balaban J connectivity index is 1.48. The number of carbonyl (C=O) groups excluding carboxylic acids is 1. The number of nitrogens with two attached hydrogens (primary N) is 1. The molecule has 3 N–H and O–H groups in total. The molecule has 1 aliphatic rings. The summed E-state index contributed by atoms with van der Waals surface area (Å²) in [7, 11) is 3.19. The van der Waals surface area contributed by atoms with Crippen LogP contribution in [0.25, 0.3) is 0 Å². The van der Waals surface area contributed by atoms with Crippen LogP contribution in [0.4, 0.5) is 5.69 Å². The van der Waals surface area contributed by atoms with Crippen molar-refractivity contribution in [3.05, 3.63) is 48.0 Å². The molecular weight excluding hydrogens is 372 g/mol. The lowest BCUT2D eigenvalue weighted by molar-refractivity contribution is -0.121. The van der Waals surface area contributed by atoms with Crippen LogP contribution in [0, 0.1) is 0 Å². The average Bonchev–Trinajstić information content (AvgIpc) is 2.76. The van der Waals surface area contributed by atoms with Gasteiger partial charge in [-0.05, 0) is 36.2 Å². The first kappa shape index (κ1) is 20.3. The zero-order chi connectivity index (χ0) is 20.6. The van der Waals surface area contributed by atoms with E-state index in [4.69, 9.17) is 19.9 Å². The Morgan fingerprint density at radius 2 is 2.00 bits per heavy atom. The van der Waals surface area contributed by atoms with E-state index in [1.807, 2.05) is 42.5 Å². The number of ether oxygens (including phenoxy) is 3. The second kappa shape index (κ2) is 9.68. The number of hydrogen-bond acceptors (Lipinski definition) is 5. The first-order chi connectivity index (χ1) is 14.1. The Hall–Kier alpha value is -3.42. The molecule has 0 unspecified atom stereocenters. The van der Waals surface area contributed by atoms with Crippen molar-refractivity contribution in [3.8, 4) is 17.2 Å². The van der Waals surface area contributed by atoms with Crippen molar-refractivity contribution >= 4 is 17.6 Å². The highest BCUT2D eigenvalue weighted by molar-refractivity contribution is 5.97. The number of fused-ring (bicyclic) bond motifs is 1. The van der Waals surface area contributed by atoms with Gasteiger partial charge >= 0.3 is 0 Å². The fourth-order valence-corrected chi connectivity index (χ4v) is 3.06. The molecule has 0 spiro atoms. The molecule has 2 aromatic rings. The van der Waals surface area contributed by atoms with Crippen LogP contribution in [0.1, 0.15) is 12.0 Å². The summed E-state index contributed by atoms with van der Waals surface area (Å²) in [6.45, 7) is 1.68. The second-order valence-corrected chi connectivity index (χ2v) is 6.47. The van der Waals surface area contributed by atoms with E-state index in [1.54, 1.807) is 19.1 Å². The van der Waals surface area contributed by atoms with Gasteiger partial charge < -0.3 is 30.2 Å². The molecule has 0 fully saturated rings. The lowest BCUT2D eigenvalue weighted by atomic mass is 10.2. The lowest BCUT2D eigenvalue weighted by Gasteiger charge is -2.29. The number of hydrogen-bond donors (Lipinski definition) is 2. The summed E-state index contributed by atoms with van der Waals surface area (Å²) in [4.78, 5) is 18.2. The third kappa shape index (κ3) is 5.10. The van der Waals surface area contributed by atoms with Crippen LogP contribution in [0.15, 0.2) is 47.5 Å². The number of methoxy groups -OCH3 is 2. The highest BCUT2D eigenvalue weighted by Crippen LogP contribution is 2.31. The van der Waals surface area contributed by atoms with Gasteiger partial charge in [0.05, 0.1) is 26.5 Å². The van der Waals surface area contributed by atoms with Gasteiger partial charge in [-0.3, -0.25) is 4.79 Å². The lowest BCUT2D eigenvalue weighted by Crippen LogP contribution is -2.41. The number of guanidine groups is 1. The molecule has 0 saturated heterocycles. The third-order valence-electron chi connectivity index (χ3n) is 4.55. The van der Waals surface area contributed by atoms with Crippen molar-refractivity contribution in [2.24, 2.45) is 10.7 Å². The Morgan fingerprint density at radius 1 is 1.21 bits per heavy atom. The van der Waals surface area contributed by atoms with Crippen LogP contribution in [0.5, 0.6) is 17.2 Å². The fourth-order valence-electron chi connectivity index (χ4n) is 3.06. The molecule has 0 atom stereocenters. The molecule has 0 bridgehead atoms. The average molecular weight is 398 g/mol. The van der Waals surface area contributed by atoms with Gasteiger partial charge in [0.1, 0.15) is 5.75 Å². The summed E-state index contributed by atoms with van der Waals surface area (Å²) in [6, 6.07) is 13.2. The number of carbonyl (C=O) groups is 1. The maximum absolute atomic E-state index is 12.2. The van der Waals surface area contributed by atoms with E-state index in [-0.39, 0.29) is 12.5 Å². The van der Waals surface area contributed by atoms with Crippen LogP contribution < -0.4 is 30.2 Å². The third-order valence-corrected chi connectivity index (χ3v) is 4.55. The molecule has 0 radical (unpaired) electrons. The zero-order valence-electron chi connectivity index (χ0n) is 16.7. The summed E-state index contributed by atoms with van der Waals surface area (Å²) in [5, 5.41) is 3.09. The predicted octanol–water partition coefficient (Wildman–Crippen LogP) is 1.92. The SMILES string of the molecule is COc1ccc(CN=C(N)NCCCN2C(=O)COc3ccccc32)cc1OC. The van der Waals surface area contributed by atoms with Crippen molar-refractivity contribution in [2.45, 2.75) is 13.0 Å². The number of benzene rings is 2. The van der Waals surface area contributed by atoms with Gasteiger partial charge in [-0.2, -0.15) is 0 Å². The van der Waals surface area contributed by atoms with Crippen molar-refractivity contribution in [1.82, 2.24) is 5.32 Å². The summed E-state index contributed by atoms with van der Waals surface area (Å²) in [6.07, 6.45) is 0.729. The van der Waals surface area contributed by atoms with E-state index in [0.29, 0.717) is 37.1 Å². The standard InChI is InChI=1S/C21H26N4O4/c1-27-18-9-8-15(12-19(18)28-2)13-24-21(22)23-10-5-11-25-16-6-3-4-7-17(16)29-14-20(25)26/h3-4,6-9,12H,5,10-11,13-14H2,1-2H3,(H3,22,23,24). The second-order valence-electron chi connectivity index (χ2n) is 6.47. The summed E-state index contributed by atoms with van der Waals surface area (Å²) >= 11 is 0. The maximum atomic E-state index is 12.2. The van der Waals surface area contributed by atoms with Gasteiger partial charge in [0.15, 0.2) is 24.1 Å². The number of nitrogens with one attached hydrogen (secondary N) is 1. The van der Waals surface area contributed by atoms with Crippen molar-refractivity contribution in [1.29, 1.82) is 0 Å². The quantitative estimate of drug-likeness (QED) is 0.401.